The maximum absolute atomic E-state index is 11.2. The summed E-state index contributed by atoms with van der Waals surface area (Å²) in [7, 11) is 1.94. The van der Waals surface area contributed by atoms with Gasteiger partial charge in [0, 0.05) is 121 Å². The number of hydrogen-bond donors (Lipinski definition) is 1. The van der Waals surface area contributed by atoms with Crippen molar-refractivity contribution in [2.24, 2.45) is 0 Å². The second kappa shape index (κ2) is 22.9. The molecule has 0 atom stereocenters. The molecule has 0 amide bonds. The van der Waals surface area contributed by atoms with Crippen LogP contribution in [-0.2, 0) is 19.6 Å². The van der Waals surface area contributed by atoms with Crippen molar-refractivity contribution in [2.45, 2.75) is 86.4 Å². The van der Waals surface area contributed by atoms with Gasteiger partial charge in [-0.05, 0) is 160 Å². The average Bonchev–Trinajstić information content (AvgIpc) is 4.15. The molecule has 1 fully saturated rings. The fourth-order valence-electron chi connectivity index (χ4n) is 10.5. The Balaban J connectivity index is 0.000000145. The van der Waals surface area contributed by atoms with Gasteiger partial charge in [-0.15, -0.1) is 0 Å². The number of aromatic nitrogens is 3. The van der Waals surface area contributed by atoms with E-state index in [1.165, 1.54) is 42.6 Å². The molecule has 0 radical (unpaired) electrons. The lowest BCUT2D eigenvalue weighted by atomic mass is 10.1. The van der Waals surface area contributed by atoms with Gasteiger partial charge in [-0.2, -0.15) is 0 Å². The highest BCUT2D eigenvalue weighted by molar-refractivity contribution is 6.11. The number of nitrogens with one attached hydrogen (secondary N) is 1. The maximum Gasteiger partial charge on any atom is 0.270 e. The summed E-state index contributed by atoms with van der Waals surface area (Å²) in [4.78, 5) is 37.4. The van der Waals surface area contributed by atoms with Crippen LogP contribution in [0.25, 0.3) is 65.4 Å². The highest BCUT2D eigenvalue weighted by Gasteiger charge is 2.19. The zero-order chi connectivity index (χ0) is 51.1. The molecule has 376 valence electrons. The van der Waals surface area contributed by atoms with E-state index in [-0.39, 0.29) is 31.8 Å². The first-order valence-corrected chi connectivity index (χ1v) is 25.4. The lowest BCUT2D eigenvalue weighted by Gasteiger charge is -2.18. The largest absolute Gasteiger partial charge is 0.340 e. The first-order chi connectivity index (χ1) is 34.8. The van der Waals surface area contributed by atoms with Crippen molar-refractivity contribution in [1.82, 2.24) is 28.8 Å². The topological polar surface area (TPSA) is 163 Å². The second-order valence-electron chi connectivity index (χ2n) is 19.1. The van der Waals surface area contributed by atoms with Crippen LogP contribution >= 0.6 is 0 Å². The maximum atomic E-state index is 11.2. The molecular formula is C57H67N9O6. The van der Waals surface area contributed by atoms with E-state index in [9.17, 15) is 30.3 Å². The van der Waals surface area contributed by atoms with E-state index in [4.69, 9.17) is 0 Å². The molecule has 0 bridgehead atoms. The number of fused-ring (bicyclic) bond motifs is 9. The van der Waals surface area contributed by atoms with Crippen LogP contribution in [0.4, 0.5) is 17.1 Å². The van der Waals surface area contributed by atoms with E-state index >= 15 is 0 Å². The molecule has 1 aliphatic heterocycles. The third kappa shape index (κ3) is 11.1. The summed E-state index contributed by atoms with van der Waals surface area (Å²) >= 11 is 0. The molecule has 0 saturated carbocycles. The zero-order valence-corrected chi connectivity index (χ0v) is 42.5. The summed E-state index contributed by atoms with van der Waals surface area (Å²) in [5.41, 5.74) is 10.6. The van der Waals surface area contributed by atoms with Crippen molar-refractivity contribution < 1.29 is 14.8 Å². The number of hydrogen-bond acceptors (Lipinski definition) is 9. The highest BCUT2D eigenvalue weighted by Crippen LogP contribution is 2.35. The van der Waals surface area contributed by atoms with Crippen LogP contribution in [0.15, 0.2) is 109 Å². The fourth-order valence-corrected chi connectivity index (χ4v) is 10.5. The van der Waals surface area contributed by atoms with Crippen LogP contribution in [0.2, 0.25) is 0 Å². The third-order valence-corrected chi connectivity index (χ3v) is 14.3. The van der Waals surface area contributed by atoms with Crippen LogP contribution in [-0.4, -0.2) is 91.1 Å². The van der Waals surface area contributed by atoms with E-state index < -0.39 is 0 Å². The number of nitro groups is 3. The van der Waals surface area contributed by atoms with Crippen molar-refractivity contribution in [3.63, 3.8) is 0 Å². The van der Waals surface area contributed by atoms with Gasteiger partial charge in [0.15, 0.2) is 0 Å². The summed E-state index contributed by atoms with van der Waals surface area (Å²) < 4.78 is 6.88. The molecule has 1 N–H and O–H groups in total. The summed E-state index contributed by atoms with van der Waals surface area (Å²) in [5, 5.41) is 42.7. The summed E-state index contributed by atoms with van der Waals surface area (Å²) in [5.74, 6) is 0. The Kier molecular flexibility index (Phi) is 16.3. The minimum atomic E-state index is -0.334. The number of nitro benzene ring substituents is 3. The van der Waals surface area contributed by atoms with Gasteiger partial charge in [0.05, 0.1) is 14.8 Å². The molecule has 10 rings (SSSR count). The van der Waals surface area contributed by atoms with Gasteiger partial charge in [-0.3, -0.25) is 30.3 Å². The standard InChI is InChI=1S/C20H23N3O2.C20H25N3O2.C17H19N3O2/c1-15-5-7-19-17(13-15)18-14-16(23(24)25)6-8-20(18)22(19)12-4-11-21-9-2-3-10-21;1-4-21(5-2)11-6-12-22-19-9-7-15(3)13-17(19)18-14-16(23(24)25)8-10-20(18)22;1-12-4-6-16-14(10-12)15-11-13(20(21)22)5-7-17(15)19(16)9-3-8-18-2/h5-8,13-14H,2-4,9-12H2,1H3;7-10,13-14H,4-6,11-12H2,1-3H3;4-7,10-11,18H,3,8-9H2,1-2H3. The van der Waals surface area contributed by atoms with Crippen LogP contribution in [0, 0.1) is 51.1 Å². The first-order valence-electron chi connectivity index (χ1n) is 25.4. The van der Waals surface area contributed by atoms with Crippen LogP contribution in [0.5, 0.6) is 0 Å². The minimum Gasteiger partial charge on any atom is -0.340 e. The van der Waals surface area contributed by atoms with Crippen molar-refractivity contribution in [2.75, 3.05) is 52.9 Å². The Morgan fingerprint density at radius 1 is 0.472 bits per heavy atom. The molecule has 0 aliphatic carbocycles. The van der Waals surface area contributed by atoms with Gasteiger partial charge in [0.25, 0.3) is 17.1 Å². The number of rotatable bonds is 17. The van der Waals surface area contributed by atoms with Gasteiger partial charge in [0.1, 0.15) is 0 Å². The second-order valence-corrected chi connectivity index (χ2v) is 19.1. The number of non-ortho nitro benzene ring substituents is 3. The van der Waals surface area contributed by atoms with E-state index in [1.54, 1.807) is 36.4 Å². The molecule has 0 spiro atoms. The lowest BCUT2D eigenvalue weighted by Crippen LogP contribution is -2.24. The molecule has 15 heteroatoms. The van der Waals surface area contributed by atoms with E-state index in [1.807, 2.05) is 32.2 Å². The van der Waals surface area contributed by atoms with Gasteiger partial charge in [0.2, 0.25) is 0 Å². The number of benzene rings is 6. The molecule has 1 saturated heterocycles. The van der Waals surface area contributed by atoms with E-state index in [0.717, 1.165) is 137 Å². The quantitative estimate of drug-likeness (QED) is 0.0531. The lowest BCUT2D eigenvalue weighted by molar-refractivity contribution is -0.384. The molecule has 72 heavy (non-hydrogen) atoms. The summed E-state index contributed by atoms with van der Waals surface area (Å²) in [6, 6.07) is 34.6. The fraction of sp³-hybridized carbons (Fsp3) is 0.368. The number of likely N-dealkylation sites (tertiary alicyclic amines) is 1. The van der Waals surface area contributed by atoms with Gasteiger partial charge >= 0.3 is 0 Å². The Morgan fingerprint density at radius 3 is 1.15 bits per heavy atom. The normalized spacial score (nSPS) is 12.9. The van der Waals surface area contributed by atoms with Gasteiger partial charge in [-0.1, -0.05) is 48.7 Å². The number of nitrogens with zero attached hydrogens (tertiary/aromatic N) is 8. The Bertz CT molecular complexity index is 3270. The molecule has 6 aromatic carbocycles. The summed E-state index contributed by atoms with van der Waals surface area (Å²) in [6.45, 7) is 21.0. The molecule has 9 aromatic rings. The minimum absolute atomic E-state index is 0.142. The predicted octanol–water partition coefficient (Wildman–Crippen LogP) is 12.9. The third-order valence-electron chi connectivity index (χ3n) is 14.3. The van der Waals surface area contributed by atoms with Gasteiger partial charge in [-0.25, -0.2) is 0 Å². The average molecular weight is 974 g/mol. The van der Waals surface area contributed by atoms with Crippen molar-refractivity contribution in [1.29, 1.82) is 0 Å². The van der Waals surface area contributed by atoms with Crippen LogP contribution in [0.3, 0.4) is 0 Å². The molecule has 4 heterocycles. The molecule has 1 aliphatic rings. The zero-order valence-electron chi connectivity index (χ0n) is 42.5. The van der Waals surface area contributed by atoms with E-state index in [0.29, 0.717) is 0 Å². The first kappa shape index (κ1) is 51.2. The SMILES string of the molecule is CCN(CC)CCCn1c2ccc(C)cc2c2cc([N+](=O)[O-])ccc21.CNCCCn1c2ccc(C)cc2c2cc([N+](=O)[O-])ccc21.Cc1ccc2c(c1)c1cc([N+](=O)[O-])ccc1n2CCCN1CCCC1. The van der Waals surface area contributed by atoms with E-state index in [2.05, 4.69) is 111 Å². The van der Waals surface area contributed by atoms with Crippen molar-refractivity contribution in [3.05, 3.63) is 156 Å². The van der Waals surface area contributed by atoms with Crippen LogP contribution < -0.4 is 5.32 Å². The Morgan fingerprint density at radius 2 is 0.806 bits per heavy atom. The van der Waals surface area contributed by atoms with Crippen LogP contribution in [0.1, 0.15) is 62.6 Å². The molecule has 15 nitrogen and oxygen atoms in total. The smallest absolute Gasteiger partial charge is 0.270 e. The Labute approximate surface area is 420 Å². The highest BCUT2D eigenvalue weighted by atomic mass is 16.6. The van der Waals surface area contributed by atoms with Crippen molar-refractivity contribution in [3.8, 4) is 0 Å². The summed E-state index contributed by atoms with van der Waals surface area (Å²) in [6.07, 6.45) is 5.81. The molecular weight excluding hydrogens is 907 g/mol. The number of aryl methyl sites for hydroxylation is 6. The molecule has 3 aromatic heterocycles. The Hall–Kier alpha value is -7.20. The monoisotopic (exact) mass is 974 g/mol. The van der Waals surface area contributed by atoms with Gasteiger partial charge < -0.3 is 28.8 Å². The molecule has 0 unspecified atom stereocenters. The van der Waals surface area contributed by atoms with Crippen molar-refractivity contribution >= 4 is 82.5 Å². The predicted molar refractivity (Wildman–Crippen MR) is 294 cm³/mol.